The van der Waals surface area contributed by atoms with Gasteiger partial charge in [0.1, 0.15) is 0 Å². The fourth-order valence-corrected chi connectivity index (χ4v) is 8.18. The van der Waals surface area contributed by atoms with Crippen LogP contribution < -0.4 is 0 Å². The maximum absolute atomic E-state index is 6.97. The first-order chi connectivity index (χ1) is 12.5. The molecule has 0 radical (unpaired) electrons. The molecule has 0 heterocycles. The molecule has 2 heteroatoms. The Morgan fingerprint density at radius 1 is 0.667 bits per heavy atom. The summed E-state index contributed by atoms with van der Waals surface area (Å²) in [6.45, 7) is 20.5. The summed E-state index contributed by atoms with van der Waals surface area (Å²) >= 11 is 6.97. The summed E-state index contributed by atoms with van der Waals surface area (Å²) in [6, 6.07) is 9.28. The molecule has 0 saturated carbocycles. The highest BCUT2D eigenvalue weighted by Gasteiger charge is 2.40. The number of allylic oxidation sites excluding steroid dienone is 8. The van der Waals surface area contributed by atoms with Crippen LogP contribution in [-0.2, 0) is 0 Å². The van der Waals surface area contributed by atoms with Gasteiger partial charge in [-0.2, -0.15) is 11.1 Å². The minimum atomic E-state index is -1.86. The van der Waals surface area contributed by atoms with E-state index < -0.39 is 7.38 Å². The van der Waals surface area contributed by atoms with Crippen molar-refractivity contribution in [2.75, 3.05) is 0 Å². The molecular formula is C25H33ClSi. The maximum Gasteiger partial charge on any atom is 0.161 e. The van der Waals surface area contributed by atoms with Crippen molar-refractivity contribution in [3.8, 4) is 0 Å². The normalized spacial score (nSPS) is 24.1. The van der Waals surface area contributed by atoms with E-state index in [1.807, 2.05) is 0 Å². The van der Waals surface area contributed by atoms with Crippen LogP contribution in [0.25, 0.3) is 11.1 Å². The van der Waals surface area contributed by atoms with Crippen molar-refractivity contribution in [2.45, 2.75) is 67.1 Å². The number of benzene rings is 1. The van der Waals surface area contributed by atoms with Crippen LogP contribution in [0.3, 0.4) is 0 Å². The Kier molecular flexibility index (Phi) is 5.25. The summed E-state index contributed by atoms with van der Waals surface area (Å²) < 4.78 is 0. The monoisotopic (exact) mass is 396 g/mol. The van der Waals surface area contributed by atoms with Crippen molar-refractivity contribution in [1.82, 2.24) is 0 Å². The van der Waals surface area contributed by atoms with E-state index in [1.54, 1.807) is 0 Å². The fourth-order valence-electron chi connectivity index (χ4n) is 5.05. The molecule has 27 heavy (non-hydrogen) atoms. The summed E-state index contributed by atoms with van der Waals surface area (Å²) in [7, 11) is -1.86. The molecule has 3 rings (SSSR count). The first kappa shape index (κ1) is 20.4. The minimum Gasteiger partial charge on any atom is -0.167 e. The summed E-state index contributed by atoms with van der Waals surface area (Å²) in [5, 5.41) is 0. The lowest BCUT2D eigenvalue weighted by molar-refractivity contribution is 0.895. The third kappa shape index (κ3) is 3.23. The highest BCUT2D eigenvalue weighted by Crippen LogP contribution is 2.52. The third-order valence-electron chi connectivity index (χ3n) is 7.11. The topological polar surface area (TPSA) is 0 Å². The lowest BCUT2D eigenvalue weighted by Crippen LogP contribution is -2.26. The van der Waals surface area contributed by atoms with Crippen molar-refractivity contribution in [3.63, 3.8) is 0 Å². The van der Waals surface area contributed by atoms with Gasteiger partial charge in [-0.1, -0.05) is 55.4 Å². The van der Waals surface area contributed by atoms with Crippen LogP contribution in [-0.4, -0.2) is 7.38 Å². The van der Waals surface area contributed by atoms with Crippen molar-refractivity contribution in [3.05, 3.63) is 68.8 Å². The molecule has 2 unspecified atom stereocenters. The quantitative estimate of drug-likeness (QED) is 0.355. The van der Waals surface area contributed by atoms with E-state index in [-0.39, 0.29) is 0 Å². The Bertz CT molecular complexity index is 914. The Hall–Kier alpha value is -1.31. The summed E-state index contributed by atoms with van der Waals surface area (Å²) in [5.41, 5.74) is 14.8. The lowest BCUT2D eigenvalue weighted by Gasteiger charge is -2.28. The fraction of sp³-hybridized carbons (Fsp3) is 0.440. The number of hydrogen-bond donors (Lipinski definition) is 0. The number of hydrogen-bond acceptors (Lipinski definition) is 0. The number of rotatable bonds is 3. The molecule has 144 valence electrons. The first-order valence-corrected chi connectivity index (χ1v) is 14.1. The van der Waals surface area contributed by atoms with Gasteiger partial charge in [0.15, 0.2) is 7.38 Å². The van der Waals surface area contributed by atoms with Gasteiger partial charge < -0.3 is 0 Å². The van der Waals surface area contributed by atoms with E-state index in [9.17, 15) is 0 Å². The molecule has 0 saturated heterocycles. The molecule has 1 aromatic rings. The average Bonchev–Trinajstić information content (AvgIpc) is 2.95. The van der Waals surface area contributed by atoms with Gasteiger partial charge in [0.25, 0.3) is 0 Å². The van der Waals surface area contributed by atoms with E-state index in [0.29, 0.717) is 11.5 Å². The Morgan fingerprint density at radius 2 is 1.07 bits per heavy atom. The molecule has 0 aromatic heterocycles. The van der Waals surface area contributed by atoms with Crippen molar-refractivity contribution in [1.29, 1.82) is 0 Å². The van der Waals surface area contributed by atoms with Crippen LogP contribution in [0.1, 0.15) is 59.6 Å². The van der Waals surface area contributed by atoms with Crippen LogP contribution in [0.2, 0.25) is 18.6 Å². The third-order valence-corrected chi connectivity index (χ3v) is 9.86. The molecule has 2 aliphatic carbocycles. The molecule has 0 spiro atoms. The van der Waals surface area contributed by atoms with Crippen LogP contribution in [0.15, 0.2) is 57.7 Å². The van der Waals surface area contributed by atoms with Gasteiger partial charge in [-0.15, -0.1) is 0 Å². The van der Waals surface area contributed by atoms with Crippen molar-refractivity contribution >= 4 is 29.6 Å². The van der Waals surface area contributed by atoms with E-state index in [0.717, 1.165) is 0 Å². The lowest BCUT2D eigenvalue weighted by atomic mass is 9.90. The van der Waals surface area contributed by atoms with Crippen LogP contribution in [0, 0.1) is 5.92 Å². The molecule has 2 aliphatic rings. The van der Waals surface area contributed by atoms with Crippen LogP contribution in [0.4, 0.5) is 0 Å². The second kappa shape index (κ2) is 6.94. The van der Waals surface area contributed by atoms with Gasteiger partial charge in [-0.05, 0) is 86.1 Å². The zero-order valence-corrected chi connectivity index (χ0v) is 20.1. The van der Waals surface area contributed by atoms with Gasteiger partial charge >= 0.3 is 0 Å². The predicted molar refractivity (Wildman–Crippen MR) is 125 cm³/mol. The second-order valence-corrected chi connectivity index (χ2v) is 15.6. The highest BCUT2D eigenvalue weighted by atomic mass is 35.6. The molecular weight excluding hydrogens is 364 g/mol. The van der Waals surface area contributed by atoms with Crippen molar-refractivity contribution in [2.24, 2.45) is 5.92 Å². The van der Waals surface area contributed by atoms with Gasteiger partial charge in [0, 0.05) is 11.5 Å². The van der Waals surface area contributed by atoms with Gasteiger partial charge in [-0.3, -0.25) is 0 Å². The molecule has 0 amide bonds. The Morgan fingerprint density at radius 3 is 1.48 bits per heavy atom. The van der Waals surface area contributed by atoms with Gasteiger partial charge in [0.2, 0.25) is 0 Å². The maximum atomic E-state index is 6.97. The van der Waals surface area contributed by atoms with Crippen LogP contribution >= 0.6 is 11.1 Å². The average molecular weight is 397 g/mol. The molecule has 0 N–H and O–H groups in total. The predicted octanol–water partition coefficient (Wildman–Crippen LogP) is 8.38. The molecule has 0 aliphatic heterocycles. The van der Waals surface area contributed by atoms with E-state index >= 15 is 0 Å². The Balaban J connectivity index is 2.02. The minimum absolute atomic E-state index is 0.405. The first-order valence-electron chi connectivity index (χ1n) is 10.0. The largest absolute Gasteiger partial charge is 0.167 e. The SMILES string of the molecule is CC1=C(C)C(C)C(c2ccc(C3=C(C)C(C)=C(C)C3[Si](C)(C)Cl)cc2)=C1C. The van der Waals surface area contributed by atoms with Crippen molar-refractivity contribution < 1.29 is 0 Å². The number of halogens is 1. The molecule has 1 aromatic carbocycles. The highest BCUT2D eigenvalue weighted by molar-refractivity contribution is 7.20. The van der Waals surface area contributed by atoms with E-state index in [4.69, 9.17) is 11.1 Å². The molecule has 0 bridgehead atoms. The molecule has 0 fully saturated rings. The van der Waals surface area contributed by atoms with Crippen LogP contribution in [0.5, 0.6) is 0 Å². The summed E-state index contributed by atoms with van der Waals surface area (Å²) in [4.78, 5) is 0. The summed E-state index contributed by atoms with van der Waals surface area (Å²) in [6.07, 6.45) is 0. The van der Waals surface area contributed by atoms with E-state index in [1.165, 1.54) is 55.7 Å². The zero-order chi connectivity index (χ0) is 20.3. The van der Waals surface area contributed by atoms with Gasteiger partial charge in [0.05, 0.1) is 0 Å². The molecule has 2 atom stereocenters. The van der Waals surface area contributed by atoms with E-state index in [2.05, 4.69) is 85.8 Å². The smallest absolute Gasteiger partial charge is 0.161 e. The molecule has 0 nitrogen and oxygen atoms in total. The van der Waals surface area contributed by atoms with Gasteiger partial charge in [-0.25, -0.2) is 0 Å². The zero-order valence-electron chi connectivity index (χ0n) is 18.3. The Labute approximate surface area is 171 Å². The second-order valence-electron chi connectivity index (χ2n) is 8.99. The summed E-state index contributed by atoms with van der Waals surface area (Å²) in [5.74, 6) is 0.511. The standard InChI is InChI=1S/C25H33ClSi/c1-14-15(2)18(5)23(17(14)4)21-10-12-22(13-11-21)24-19(6)16(3)20(7)25(24)27(8,9)26/h10-13,17,25H,1-9H3.